The van der Waals surface area contributed by atoms with Crippen LogP contribution in [-0.4, -0.2) is 22.8 Å². The largest absolute Gasteiger partial charge is 0.478 e. The van der Waals surface area contributed by atoms with Gasteiger partial charge in [0.2, 0.25) is 0 Å². The molecule has 0 unspecified atom stereocenters. The summed E-state index contributed by atoms with van der Waals surface area (Å²) in [7, 11) is 0. The number of carboxylic acids is 1. The van der Waals surface area contributed by atoms with Crippen LogP contribution in [0, 0.1) is 0 Å². The summed E-state index contributed by atoms with van der Waals surface area (Å²) in [5.41, 5.74) is 2.15. The molecule has 2 rings (SSSR count). The molecule has 0 fully saturated rings. The first kappa shape index (κ1) is 14.4. The van der Waals surface area contributed by atoms with Crippen molar-refractivity contribution >= 4 is 17.7 Å². The Bertz CT molecular complexity index is 558. The minimum Gasteiger partial charge on any atom is -0.478 e. The zero-order chi connectivity index (χ0) is 14.9. The lowest BCUT2D eigenvalue weighted by atomic mass is 10.0. The predicted molar refractivity (Wildman–Crippen MR) is 75.3 cm³/mol. The van der Waals surface area contributed by atoms with E-state index in [0.29, 0.717) is 11.3 Å². The van der Waals surface area contributed by atoms with E-state index in [9.17, 15) is 9.59 Å². The molecule has 5 nitrogen and oxygen atoms in total. The SMILES string of the molecule is CC(C)(C)OC(=O)Nc1ccc(C(=O)O)c2c1CCC2. The maximum absolute atomic E-state index is 11.8. The molecule has 1 aromatic carbocycles. The molecule has 0 bridgehead atoms. The Balaban J connectivity index is 2.24. The lowest BCUT2D eigenvalue weighted by molar-refractivity contribution is 0.0634. The molecule has 108 valence electrons. The molecule has 0 spiro atoms. The normalized spacial score (nSPS) is 13.8. The van der Waals surface area contributed by atoms with Gasteiger partial charge < -0.3 is 9.84 Å². The van der Waals surface area contributed by atoms with Gasteiger partial charge in [-0.25, -0.2) is 9.59 Å². The van der Waals surface area contributed by atoms with Gasteiger partial charge in [0.15, 0.2) is 0 Å². The van der Waals surface area contributed by atoms with Crippen LogP contribution in [0.5, 0.6) is 0 Å². The van der Waals surface area contributed by atoms with Gasteiger partial charge in [-0.3, -0.25) is 5.32 Å². The Morgan fingerprint density at radius 1 is 1.20 bits per heavy atom. The van der Waals surface area contributed by atoms with E-state index in [4.69, 9.17) is 9.84 Å². The summed E-state index contributed by atoms with van der Waals surface area (Å²) in [4.78, 5) is 23.0. The summed E-state index contributed by atoms with van der Waals surface area (Å²) in [6, 6.07) is 3.18. The number of nitrogens with one attached hydrogen (secondary N) is 1. The number of carbonyl (C=O) groups is 2. The van der Waals surface area contributed by atoms with Crippen molar-refractivity contribution in [3.05, 3.63) is 28.8 Å². The second-order valence-corrected chi connectivity index (χ2v) is 5.90. The van der Waals surface area contributed by atoms with Crippen LogP contribution in [0.1, 0.15) is 48.7 Å². The molecular formula is C15H19NO4. The smallest absolute Gasteiger partial charge is 0.412 e. The number of aromatic carboxylic acids is 1. The fourth-order valence-corrected chi connectivity index (χ4v) is 2.44. The van der Waals surface area contributed by atoms with E-state index in [2.05, 4.69) is 5.32 Å². The summed E-state index contributed by atoms with van der Waals surface area (Å²) in [5, 5.41) is 11.9. The lowest BCUT2D eigenvalue weighted by Crippen LogP contribution is -2.27. The minimum absolute atomic E-state index is 0.326. The first-order valence-electron chi connectivity index (χ1n) is 6.66. The van der Waals surface area contributed by atoms with E-state index in [0.717, 1.165) is 30.4 Å². The molecule has 1 amide bonds. The third kappa shape index (κ3) is 3.10. The highest BCUT2D eigenvalue weighted by Gasteiger charge is 2.23. The monoisotopic (exact) mass is 277 g/mol. The van der Waals surface area contributed by atoms with Crippen molar-refractivity contribution in [2.24, 2.45) is 0 Å². The molecule has 20 heavy (non-hydrogen) atoms. The average Bonchev–Trinajstić information content (AvgIpc) is 2.75. The summed E-state index contributed by atoms with van der Waals surface area (Å²) in [5.74, 6) is -0.924. The molecule has 1 aliphatic carbocycles. The average molecular weight is 277 g/mol. The fourth-order valence-electron chi connectivity index (χ4n) is 2.44. The number of rotatable bonds is 2. The lowest BCUT2D eigenvalue weighted by Gasteiger charge is -2.20. The highest BCUT2D eigenvalue weighted by Crippen LogP contribution is 2.32. The van der Waals surface area contributed by atoms with Crippen LogP contribution < -0.4 is 5.32 Å². The highest BCUT2D eigenvalue weighted by atomic mass is 16.6. The van der Waals surface area contributed by atoms with Gasteiger partial charge in [0.25, 0.3) is 0 Å². The van der Waals surface area contributed by atoms with Gasteiger partial charge in [0.1, 0.15) is 5.60 Å². The summed E-state index contributed by atoms with van der Waals surface area (Å²) in [6.45, 7) is 5.39. The topological polar surface area (TPSA) is 75.6 Å². The van der Waals surface area contributed by atoms with E-state index in [1.54, 1.807) is 32.9 Å². The number of fused-ring (bicyclic) bond motifs is 1. The number of anilines is 1. The zero-order valence-corrected chi connectivity index (χ0v) is 11.9. The number of carbonyl (C=O) groups excluding carboxylic acids is 1. The standard InChI is InChI=1S/C15H19NO4/c1-15(2,3)20-14(19)16-12-8-7-11(13(17)18)9-5-4-6-10(9)12/h7-8H,4-6H2,1-3H3,(H,16,19)(H,17,18). The molecule has 1 aromatic rings. The predicted octanol–water partition coefficient (Wildman–Crippen LogP) is 3.22. The van der Waals surface area contributed by atoms with E-state index in [-0.39, 0.29) is 0 Å². The van der Waals surface area contributed by atoms with Crippen LogP contribution in [0.3, 0.4) is 0 Å². The molecule has 0 heterocycles. The second kappa shape index (κ2) is 5.15. The van der Waals surface area contributed by atoms with Crippen LogP contribution in [-0.2, 0) is 17.6 Å². The van der Waals surface area contributed by atoms with Gasteiger partial charge in [-0.05, 0) is 63.3 Å². The van der Waals surface area contributed by atoms with Crippen LogP contribution >= 0.6 is 0 Å². The first-order chi connectivity index (χ1) is 9.28. The third-order valence-electron chi connectivity index (χ3n) is 3.15. The Labute approximate surface area is 117 Å². The Morgan fingerprint density at radius 3 is 2.45 bits per heavy atom. The first-order valence-corrected chi connectivity index (χ1v) is 6.66. The molecule has 0 atom stereocenters. The molecule has 0 saturated heterocycles. The molecular weight excluding hydrogens is 258 g/mol. The van der Waals surface area contributed by atoms with Gasteiger partial charge in [-0.2, -0.15) is 0 Å². The molecule has 5 heteroatoms. The summed E-state index contributed by atoms with van der Waals surface area (Å²) >= 11 is 0. The number of ether oxygens (including phenoxy) is 1. The van der Waals surface area contributed by atoms with Crippen molar-refractivity contribution in [3.8, 4) is 0 Å². The quantitative estimate of drug-likeness (QED) is 0.870. The molecule has 0 aliphatic heterocycles. The van der Waals surface area contributed by atoms with Crippen molar-refractivity contribution in [2.75, 3.05) is 5.32 Å². The Hall–Kier alpha value is -2.04. The maximum Gasteiger partial charge on any atom is 0.412 e. The number of hydrogen-bond acceptors (Lipinski definition) is 3. The van der Waals surface area contributed by atoms with Gasteiger partial charge in [0, 0.05) is 5.69 Å². The molecule has 0 saturated carbocycles. The zero-order valence-electron chi connectivity index (χ0n) is 11.9. The van der Waals surface area contributed by atoms with Crippen molar-refractivity contribution < 1.29 is 19.4 Å². The van der Waals surface area contributed by atoms with E-state index >= 15 is 0 Å². The molecule has 1 aliphatic rings. The Morgan fingerprint density at radius 2 is 1.85 bits per heavy atom. The van der Waals surface area contributed by atoms with Crippen LogP contribution in [0.2, 0.25) is 0 Å². The van der Waals surface area contributed by atoms with Crippen molar-refractivity contribution in [1.29, 1.82) is 0 Å². The number of amides is 1. The van der Waals surface area contributed by atoms with Gasteiger partial charge >= 0.3 is 12.1 Å². The molecule has 0 radical (unpaired) electrons. The second-order valence-electron chi connectivity index (χ2n) is 5.90. The third-order valence-corrected chi connectivity index (χ3v) is 3.15. The molecule has 0 aromatic heterocycles. The van der Waals surface area contributed by atoms with Crippen LogP contribution in [0.4, 0.5) is 10.5 Å². The van der Waals surface area contributed by atoms with Gasteiger partial charge in [0.05, 0.1) is 5.56 Å². The summed E-state index contributed by atoms with van der Waals surface area (Å²) in [6.07, 6.45) is 1.90. The maximum atomic E-state index is 11.8. The van der Waals surface area contributed by atoms with Gasteiger partial charge in [-0.15, -0.1) is 0 Å². The van der Waals surface area contributed by atoms with E-state index < -0.39 is 17.7 Å². The van der Waals surface area contributed by atoms with Crippen LogP contribution in [0.25, 0.3) is 0 Å². The number of carboxylic acid groups (broad SMARTS) is 1. The number of hydrogen-bond donors (Lipinski definition) is 2. The summed E-state index contributed by atoms with van der Waals surface area (Å²) < 4.78 is 5.21. The van der Waals surface area contributed by atoms with Crippen molar-refractivity contribution in [2.45, 2.75) is 45.6 Å². The minimum atomic E-state index is -0.924. The van der Waals surface area contributed by atoms with E-state index in [1.165, 1.54) is 0 Å². The highest BCUT2D eigenvalue weighted by molar-refractivity contribution is 5.93. The van der Waals surface area contributed by atoms with Crippen LogP contribution in [0.15, 0.2) is 12.1 Å². The Kier molecular flexibility index (Phi) is 3.70. The number of benzene rings is 1. The van der Waals surface area contributed by atoms with Gasteiger partial charge in [-0.1, -0.05) is 0 Å². The van der Waals surface area contributed by atoms with Crippen molar-refractivity contribution in [3.63, 3.8) is 0 Å². The van der Waals surface area contributed by atoms with Crippen molar-refractivity contribution in [1.82, 2.24) is 0 Å². The molecule has 2 N–H and O–H groups in total. The fraction of sp³-hybridized carbons (Fsp3) is 0.467. The van der Waals surface area contributed by atoms with E-state index in [1.807, 2.05) is 0 Å².